The highest BCUT2D eigenvalue weighted by atomic mass is 35.5. The van der Waals surface area contributed by atoms with Crippen LogP contribution in [0.4, 0.5) is 14.5 Å². The first-order valence-corrected chi connectivity index (χ1v) is 6.09. The smallest absolute Gasteiger partial charge is 0.223 e. The Labute approximate surface area is 111 Å². The lowest BCUT2D eigenvalue weighted by Gasteiger charge is -2.07. The summed E-state index contributed by atoms with van der Waals surface area (Å²) in [6.07, 6.45) is 0. The molecule has 2 rings (SSSR count). The maximum absolute atomic E-state index is 13.5. The second kappa shape index (κ2) is 5.07. The first-order chi connectivity index (χ1) is 8.47. The van der Waals surface area contributed by atoms with Gasteiger partial charge in [-0.2, -0.15) is 0 Å². The third-order valence-electron chi connectivity index (χ3n) is 2.17. The van der Waals surface area contributed by atoms with Crippen LogP contribution in [0, 0.1) is 18.6 Å². The molecule has 7 heteroatoms. The van der Waals surface area contributed by atoms with Crippen molar-refractivity contribution in [2.24, 2.45) is 0 Å². The van der Waals surface area contributed by atoms with Gasteiger partial charge in [-0.05, 0) is 36.7 Å². The first-order valence-electron chi connectivity index (χ1n) is 4.90. The maximum atomic E-state index is 13.5. The standard InChI is InChI=1S/C11H8ClF2N3S/c1-5-9(15)10(17-11(12)16-5)18-8-4-6(13)2-3-7(8)14/h2-4H,15H2,1H3. The third-order valence-corrected chi connectivity index (χ3v) is 3.38. The van der Waals surface area contributed by atoms with Crippen LogP contribution in [0.3, 0.4) is 0 Å². The Morgan fingerprint density at radius 1 is 1.28 bits per heavy atom. The van der Waals surface area contributed by atoms with Crippen LogP contribution in [0.15, 0.2) is 28.1 Å². The molecule has 1 heterocycles. The van der Waals surface area contributed by atoms with Crippen LogP contribution in [0.5, 0.6) is 0 Å². The zero-order chi connectivity index (χ0) is 13.3. The molecule has 0 unspecified atom stereocenters. The van der Waals surface area contributed by atoms with E-state index < -0.39 is 11.6 Å². The molecular formula is C11H8ClF2N3S. The van der Waals surface area contributed by atoms with E-state index in [1.54, 1.807) is 6.92 Å². The van der Waals surface area contributed by atoms with Gasteiger partial charge in [0.25, 0.3) is 0 Å². The van der Waals surface area contributed by atoms with Crippen molar-refractivity contribution in [3.63, 3.8) is 0 Å². The zero-order valence-electron chi connectivity index (χ0n) is 9.25. The van der Waals surface area contributed by atoms with Crippen molar-refractivity contribution in [2.45, 2.75) is 16.8 Å². The summed E-state index contributed by atoms with van der Waals surface area (Å²) in [4.78, 5) is 7.86. The number of rotatable bonds is 2. The summed E-state index contributed by atoms with van der Waals surface area (Å²) in [5, 5.41) is 0.318. The Hall–Kier alpha value is -1.40. The molecular weight excluding hydrogens is 280 g/mol. The summed E-state index contributed by atoms with van der Waals surface area (Å²) in [6.45, 7) is 1.66. The fourth-order valence-electron chi connectivity index (χ4n) is 1.26. The zero-order valence-corrected chi connectivity index (χ0v) is 10.8. The van der Waals surface area contributed by atoms with Crippen LogP contribution in [-0.2, 0) is 0 Å². The largest absolute Gasteiger partial charge is 0.395 e. The molecule has 0 fully saturated rings. The summed E-state index contributed by atoms with van der Waals surface area (Å²) in [6, 6.07) is 3.16. The van der Waals surface area contributed by atoms with Crippen molar-refractivity contribution in [2.75, 3.05) is 5.73 Å². The second-order valence-corrected chi connectivity index (χ2v) is 4.84. The number of nitrogen functional groups attached to an aromatic ring is 1. The van der Waals surface area contributed by atoms with Gasteiger partial charge in [0, 0.05) is 0 Å². The molecule has 1 aromatic heterocycles. The van der Waals surface area contributed by atoms with Crippen LogP contribution >= 0.6 is 23.4 Å². The van der Waals surface area contributed by atoms with E-state index in [1.165, 1.54) is 0 Å². The van der Waals surface area contributed by atoms with Crippen LogP contribution in [-0.4, -0.2) is 9.97 Å². The third kappa shape index (κ3) is 2.70. The molecule has 0 aliphatic rings. The van der Waals surface area contributed by atoms with Crippen molar-refractivity contribution in [3.05, 3.63) is 40.8 Å². The predicted octanol–water partition coefficient (Wildman–Crippen LogP) is 3.45. The van der Waals surface area contributed by atoms with Gasteiger partial charge in [0.2, 0.25) is 5.28 Å². The maximum Gasteiger partial charge on any atom is 0.223 e. The average Bonchev–Trinajstić information content (AvgIpc) is 2.30. The molecule has 3 nitrogen and oxygen atoms in total. The van der Waals surface area contributed by atoms with Crippen LogP contribution < -0.4 is 5.73 Å². The first kappa shape index (κ1) is 13.0. The molecule has 0 radical (unpaired) electrons. The topological polar surface area (TPSA) is 51.8 Å². The highest BCUT2D eigenvalue weighted by Gasteiger charge is 2.12. The van der Waals surface area contributed by atoms with Gasteiger partial charge in [0.15, 0.2) is 0 Å². The summed E-state index contributed by atoms with van der Waals surface area (Å²) < 4.78 is 26.5. The summed E-state index contributed by atoms with van der Waals surface area (Å²) in [7, 11) is 0. The number of anilines is 1. The Morgan fingerprint density at radius 3 is 2.72 bits per heavy atom. The average molecular weight is 288 g/mol. The Bertz CT molecular complexity index is 607. The number of halogens is 3. The van der Waals surface area contributed by atoms with E-state index in [0.29, 0.717) is 16.4 Å². The predicted molar refractivity (Wildman–Crippen MR) is 66.7 cm³/mol. The monoisotopic (exact) mass is 287 g/mol. The lowest BCUT2D eigenvalue weighted by molar-refractivity contribution is 0.577. The Morgan fingerprint density at radius 2 is 2.00 bits per heavy atom. The number of aryl methyl sites for hydroxylation is 1. The minimum atomic E-state index is -0.548. The molecule has 18 heavy (non-hydrogen) atoms. The molecule has 0 aliphatic carbocycles. The fraction of sp³-hybridized carbons (Fsp3) is 0.0909. The van der Waals surface area contributed by atoms with Crippen molar-refractivity contribution < 1.29 is 8.78 Å². The van der Waals surface area contributed by atoms with E-state index in [9.17, 15) is 8.78 Å². The van der Waals surface area contributed by atoms with Crippen molar-refractivity contribution in [1.29, 1.82) is 0 Å². The Kier molecular flexibility index (Phi) is 3.68. The minimum absolute atomic E-state index is 0.0148. The van der Waals surface area contributed by atoms with Gasteiger partial charge in [0.1, 0.15) is 16.7 Å². The molecule has 0 saturated heterocycles. The quantitative estimate of drug-likeness (QED) is 0.679. The summed E-state index contributed by atoms with van der Waals surface area (Å²) >= 11 is 6.61. The molecule has 0 bridgehead atoms. The van der Waals surface area contributed by atoms with Gasteiger partial charge in [0.05, 0.1) is 16.3 Å². The molecule has 2 N–H and O–H groups in total. The molecule has 0 spiro atoms. The molecule has 0 atom stereocenters. The lowest BCUT2D eigenvalue weighted by Crippen LogP contribution is -1.99. The lowest BCUT2D eigenvalue weighted by atomic mass is 10.3. The normalized spacial score (nSPS) is 10.7. The van der Waals surface area contributed by atoms with E-state index >= 15 is 0 Å². The minimum Gasteiger partial charge on any atom is -0.395 e. The van der Waals surface area contributed by atoms with Gasteiger partial charge in [-0.3, -0.25) is 0 Å². The summed E-state index contributed by atoms with van der Waals surface area (Å²) in [5.74, 6) is -1.08. The van der Waals surface area contributed by atoms with E-state index in [1.807, 2.05) is 0 Å². The molecule has 1 aromatic carbocycles. The van der Waals surface area contributed by atoms with Crippen molar-refractivity contribution >= 4 is 29.1 Å². The van der Waals surface area contributed by atoms with Crippen LogP contribution in [0.2, 0.25) is 5.28 Å². The highest BCUT2D eigenvalue weighted by molar-refractivity contribution is 7.99. The molecule has 0 amide bonds. The van der Waals surface area contributed by atoms with E-state index in [2.05, 4.69) is 9.97 Å². The van der Waals surface area contributed by atoms with Crippen molar-refractivity contribution in [1.82, 2.24) is 9.97 Å². The van der Waals surface area contributed by atoms with Gasteiger partial charge in [-0.15, -0.1) is 0 Å². The van der Waals surface area contributed by atoms with E-state index in [-0.39, 0.29) is 10.2 Å². The number of hydrogen-bond acceptors (Lipinski definition) is 4. The fourth-order valence-corrected chi connectivity index (χ4v) is 2.46. The van der Waals surface area contributed by atoms with Crippen LogP contribution in [0.1, 0.15) is 5.69 Å². The number of hydrogen-bond donors (Lipinski definition) is 1. The van der Waals surface area contributed by atoms with E-state index in [0.717, 1.165) is 30.0 Å². The van der Waals surface area contributed by atoms with Gasteiger partial charge >= 0.3 is 0 Å². The molecule has 2 aromatic rings. The number of nitrogens with zero attached hydrogens (tertiary/aromatic N) is 2. The molecule has 0 saturated carbocycles. The van der Waals surface area contributed by atoms with Crippen molar-refractivity contribution in [3.8, 4) is 0 Å². The highest BCUT2D eigenvalue weighted by Crippen LogP contribution is 2.34. The second-order valence-electron chi connectivity index (χ2n) is 3.47. The number of benzene rings is 1. The van der Waals surface area contributed by atoms with Gasteiger partial charge < -0.3 is 5.73 Å². The van der Waals surface area contributed by atoms with Gasteiger partial charge in [-0.25, -0.2) is 18.7 Å². The molecule has 94 valence electrons. The molecule has 0 aliphatic heterocycles. The van der Waals surface area contributed by atoms with E-state index in [4.69, 9.17) is 17.3 Å². The van der Waals surface area contributed by atoms with Crippen LogP contribution in [0.25, 0.3) is 0 Å². The summed E-state index contributed by atoms with van der Waals surface area (Å²) in [5.41, 5.74) is 6.56. The number of nitrogens with two attached hydrogens (primary N) is 1. The van der Waals surface area contributed by atoms with Gasteiger partial charge in [-0.1, -0.05) is 11.8 Å². The SMILES string of the molecule is Cc1nc(Cl)nc(Sc2cc(F)ccc2F)c1N. The Balaban J connectivity index is 2.43. The number of aromatic nitrogens is 2.